The van der Waals surface area contributed by atoms with E-state index >= 15 is 0 Å². The van der Waals surface area contributed by atoms with Crippen LogP contribution in [0.1, 0.15) is 25.3 Å². The summed E-state index contributed by atoms with van der Waals surface area (Å²) >= 11 is 0. The van der Waals surface area contributed by atoms with Gasteiger partial charge >= 0.3 is 5.97 Å². The number of benzene rings is 1. The van der Waals surface area contributed by atoms with Crippen LogP contribution in [0.3, 0.4) is 0 Å². The Kier molecular flexibility index (Phi) is 4.45. The van der Waals surface area contributed by atoms with Crippen molar-refractivity contribution in [3.63, 3.8) is 0 Å². The number of rotatable bonds is 6. The zero-order valence-corrected chi connectivity index (χ0v) is 12.0. The molecule has 6 heteroatoms. The van der Waals surface area contributed by atoms with Crippen LogP contribution in [0.15, 0.2) is 18.2 Å². The summed E-state index contributed by atoms with van der Waals surface area (Å²) in [6, 6.07) is 3.05. The highest BCUT2D eigenvalue weighted by atomic mass is 19.1. The third-order valence-corrected chi connectivity index (χ3v) is 3.59. The number of aliphatic carboxylic acids is 1. The molecule has 114 valence electrons. The standard InChI is InChI=1S/C15H18FNO4/c1-9(15(19)20)17(12-4-5-12)14(18)8-10-7-11(16)3-6-13(10)21-2/h3,6-7,9,12H,4-5,8H2,1-2H3,(H,19,20). The molecule has 1 atom stereocenters. The highest BCUT2D eigenvalue weighted by Gasteiger charge is 2.38. The van der Waals surface area contributed by atoms with E-state index in [1.54, 1.807) is 0 Å². The molecule has 0 heterocycles. The lowest BCUT2D eigenvalue weighted by atomic mass is 10.1. The Labute approximate surface area is 122 Å². The fourth-order valence-electron chi connectivity index (χ4n) is 2.35. The van der Waals surface area contributed by atoms with Crippen molar-refractivity contribution < 1.29 is 23.8 Å². The molecule has 1 aromatic carbocycles. The van der Waals surface area contributed by atoms with Gasteiger partial charge in [0.2, 0.25) is 5.91 Å². The lowest BCUT2D eigenvalue weighted by Crippen LogP contribution is -2.45. The van der Waals surface area contributed by atoms with Crippen molar-refractivity contribution >= 4 is 11.9 Å². The Balaban J connectivity index is 2.19. The van der Waals surface area contributed by atoms with Crippen LogP contribution in [-0.2, 0) is 16.0 Å². The number of carboxylic acid groups (broad SMARTS) is 1. The topological polar surface area (TPSA) is 66.8 Å². The number of methoxy groups -OCH3 is 1. The minimum Gasteiger partial charge on any atom is -0.496 e. The first-order valence-corrected chi connectivity index (χ1v) is 6.80. The van der Waals surface area contributed by atoms with Crippen LogP contribution in [-0.4, -0.2) is 41.1 Å². The van der Waals surface area contributed by atoms with E-state index in [9.17, 15) is 14.0 Å². The largest absolute Gasteiger partial charge is 0.496 e. The summed E-state index contributed by atoms with van der Waals surface area (Å²) in [4.78, 5) is 24.9. The Bertz CT molecular complexity index is 557. The fourth-order valence-corrected chi connectivity index (χ4v) is 2.35. The van der Waals surface area contributed by atoms with E-state index in [2.05, 4.69) is 0 Å². The highest BCUT2D eigenvalue weighted by Crippen LogP contribution is 2.30. The highest BCUT2D eigenvalue weighted by molar-refractivity contribution is 5.85. The monoisotopic (exact) mass is 295 g/mol. The maximum absolute atomic E-state index is 13.3. The van der Waals surface area contributed by atoms with Crippen LogP contribution in [0.5, 0.6) is 5.75 Å². The van der Waals surface area contributed by atoms with Crippen LogP contribution >= 0.6 is 0 Å². The first-order chi connectivity index (χ1) is 9.93. The van der Waals surface area contributed by atoms with E-state index in [-0.39, 0.29) is 18.4 Å². The van der Waals surface area contributed by atoms with Crippen molar-refractivity contribution in [1.29, 1.82) is 0 Å². The number of nitrogens with zero attached hydrogens (tertiary/aromatic N) is 1. The Morgan fingerprint density at radius 2 is 2.14 bits per heavy atom. The van der Waals surface area contributed by atoms with Gasteiger partial charge in [0, 0.05) is 11.6 Å². The molecule has 0 bridgehead atoms. The van der Waals surface area contributed by atoms with Crippen molar-refractivity contribution in [2.24, 2.45) is 0 Å². The third-order valence-electron chi connectivity index (χ3n) is 3.59. The molecule has 0 aromatic heterocycles. The van der Waals surface area contributed by atoms with Gasteiger partial charge in [0.15, 0.2) is 0 Å². The molecule has 1 aliphatic carbocycles. The van der Waals surface area contributed by atoms with E-state index in [1.807, 2.05) is 0 Å². The number of ether oxygens (including phenoxy) is 1. The molecule has 0 spiro atoms. The van der Waals surface area contributed by atoms with Crippen molar-refractivity contribution in [1.82, 2.24) is 4.90 Å². The molecule has 21 heavy (non-hydrogen) atoms. The van der Waals surface area contributed by atoms with Gasteiger partial charge in [0.05, 0.1) is 13.5 Å². The summed E-state index contributed by atoms with van der Waals surface area (Å²) in [5.41, 5.74) is 0.422. The molecule has 1 saturated carbocycles. The molecule has 0 radical (unpaired) electrons. The summed E-state index contributed by atoms with van der Waals surface area (Å²) in [6.07, 6.45) is 1.54. The summed E-state index contributed by atoms with van der Waals surface area (Å²) in [6.45, 7) is 1.49. The first-order valence-electron chi connectivity index (χ1n) is 6.80. The Morgan fingerprint density at radius 1 is 1.48 bits per heavy atom. The molecule has 0 aliphatic heterocycles. The lowest BCUT2D eigenvalue weighted by molar-refractivity contribution is -0.149. The number of carbonyl (C=O) groups is 2. The SMILES string of the molecule is COc1ccc(F)cc1CC(=O)N(C1CC1)C(C)C(=O)O. The molecule has 1 unspecified atom stereocenters. The summed E-state index contributed by atoms with van der Waals surface area (Å²) in [5.74, 6) is -1.40. The molecule has 1 amide bonds. The number of carboxylic acids is 1. The van der Waals surface area contributed by atoms with Crippen molar-refractivity contribution in [3.05, 3.63) is 29.6 Å². The number of halogens is 1. The second-order valence-electron chi connectivity index (χ2n) is 5.18. The van der Waals surface area contributed by atoms with Crippen molar-refractivity contribution in [2.45, 2.75) is 38.3 Å². The quantitative estimate of drug-likeness (QED) is 0.869. The minimum atomic E-state index is -1.04. The molecule has 1 aliphatic rings. The second kappa shape index (κ2) is 6.11. The minimum absolute atomic E-state index is 0.0249. The van der Waals surface area contributed by atoms with Gasteiger partial charge < -0.3 is 14.7 Å². The van der Waals surface area contributed by atoms with Crippen molar-refractivity contribution in [3.8, 4) is 5.75 Å². The second-order valence-corrected chi connectivity index (χ2v) is 5.18. The molecule has 1 fully saturated rings. The summed E-state index contributed by atoms with van der Waals surface area (Å²) in [5, 5.41) is 9.11. The van der Waals surface area contributed by atoms with Gasteiger partial charge in [-0.25, -0.2) is 9.18 Å². The molecule has 0 saturated heterocycles. The Morgan fingerprint density at radius 3 is 2.67 bits per heavy atom. The average molecular weight is 295 g/mol. The van der Waals surface area contributed by atoms with E-state index in [0.29, 0.717) is 11.3 Å². The number of amides is 1. The van der Waals surface area contributed by atoms with Gasteiger partial charge in [-0.15, -0.1) is 0 Å². The summed E-state index contributed by atoms with van der Waals surface area (Å²) < 4.78 is 18.4. The number of hydrogen-bond donors (Lipinski definition) is 1. The van der Waals surface area contributed by atoms with Crippen LogP contribution in [0.25, 0.3) is 0 Å². The van der Waals surface area contributed by atoms with Gasteiger partial charge in [0.1, 0.15) is 17.6 Å². The third kappa shape index (κ3) is 3.51. The van der Waals surface area contributed by atoms with Crippen LogP contribution in [0, 0.1) is 5.82 Å². The van der Waals surface area contributed by atoms with Gasteiger partial charge in [-0.1, -0.05) is 0 Å². The predicted molar refractivity (Wildman–Crippen MR) is 73.6 cm³/mol. The maximum Gasteiger partial charge on any atom is 0.326 e. The first kappa shape index (κ1) is 15.3. The maximum atomic E-state index is 13.3. The van der Waals surface area contributed by atoms with E-state index in [1.165, 1.54) is 37.1 Å². The van der Waals surface area contributed by atoms with Crippen LogP contribution in [0.4, 0.5) is 4.39 Å². The lowest BCUT2D eigenvalue weighted by Gasteiger charge is -2.26. The molecule has 2 rings (SSSR count). The predicted octanol–water partition coefficient (Wildman–Crippen LogP) is 1.84. The van der Waals surface area contributed by atoms with Gasteiger partial charge in [0.25, 0.3) is 0 Å². The smallest absolute Gasteiger partial charge is 0.326 e. The molecule has 5 nitrogen and oxygen atoms in total. The Hall–Kier alpha value is -2.11. The molecular weight excluding hydrogens is 277 g/mol. The van der Waals surface area contributed by atoms with Gasteiger partial charge in [-0.3, -0.25) is 4.79 Å². The van der Waals surface area contributed by atoms with E-state index in [0.717, 1.165) is 12.8 Å². The normalized spacial score (nSPS) is 15.4. The van der Waals surface area contributed by atoms with E-state index < -0.39 is 17.8 Å². The molecule has 1 N–H and O–H groups in total. The fraction of sp³-hybridized carbons (Fsp3) is 0.467. The number of hydrogen-bond acceptors (Lipinski definition) is 3. The summed E-state index contributed by atoms with van der Waals surface area (Å²) in [7, 11) is 1.44. The van der Waals surface area contributed by atoms with Crippen LogP contribution in [0.2, 0.25) is 0 Å². The molecule has 1 aromatic rings. The van der Waals surface area contributed by atoms with Crippen molar-refractivity contribution in [2.75, 3.05) is 7.11 Å². The zero-order chi connectivity index (χ0) is 15.6. The molecular formula is C15H18FNO4. The van der Waals surface area contributed by atoms with Gasteiger partial charge in [-0.05, 0) is 38.0 Å². The van der Waals surface area contributed by atoms with Gasteiger partial charge in [-0.2, -0.15) is 0 Å². The number of carbonyl (C=O) groups excluding carboxylic acids is 1. The van der Waals surface area contributed by atoms with Crippen LogP contribution < -0.4 is 4.74 Å². The van der Waals surface area contributed by atoms with E-state index in [4.69, 9.17) is 9.84 Å². The zero-order valence-electron chi connectivity index (χ0n) is 12.0. The average Bonchev–Trinajstić information content (AvgIpc) is 3.23.